The molecule has 2 aromatic carbocycles. The number of hydrogen-bond acceptors (Lipinski definition) is 6. The third kappa shape index (κ3) is 4.58. The minimum Gasteiger partial charge on any atom is -0.457 e. The maximum Gasteiger partial charge on any atom is 0.269 e. The van der Waals surface area contributed by atoms with E-state index in [-0.39, 0.29) is 11.6 Å². The van der Waals surface area contributed by atoms with E-state index in [1.165, 1.54) is 6.20 Å². The normalized spacial score (nSPS) is 10.9. The number of halogens is 1. The van der Waals surface area contributed by atoms with Gasteiger partial charge in [-0.3, -0.25) is 14.8 Å². The molecule has 36 heavy (non-hydrogen) atoms. The quantitative estimate of drug-likeness (QED) is 0.303. The van der Waals surface area contributed by atoms with Crippen molar-refractivity contribution in [3.63, 3.8) is 0 Å². The standard InChI is InChI=1S/C27H23ClN6O2/c1-16-8-10-30-15-21(16)20-12-17(4-6-22(20)28)32-27-33-23-13-18(5-7-25(23)34(27)3)36-19-9-11-31-24(14-19)26(35)29-2/h4-15H,1-3H3,(H,29,35)(H,32,33). The molecule has 3 aromatic heterocycles. The Morgan fingerprint density at radius 3 is 2.64 bits per heavy atom. The second-order valence-electron chi connectivity index (χ2n) is 8.21. The minimum atomic E-state index is -0.277. The average Bonchev–Trinajstić information content (AvgIpc) is 3.19. The van der Waals surface area contributed by atoms with Crippen LogP contribution in [0.25, 0.3) is 22.2 Å². The predicted molar refractivity (Wildman–Crippen MR) is 141 cm³/mol. The number of benzene rings is 2. The molecule has 0 aliphatic carbocycles. The molecule has 0 aliphatic rings. The molecule has 0 aliphatic heterocycles. The molecule has 0 saturated carbocycles. The molecule has 2 N–H and O–H groups in total. The fourth-order valence-electron chi connectivity index (χ4n) is 3.90. The lowest BCUT2D eigenvalue weighted by atomic mass is 10.0. The van der Waals surface area contributed by atoms with Gasteiger partial charge in [-0.05, 0) is 55.0 Å². The Morgan fingerprint density at radius 2 is 1.83 bits per heavy atom. The fourth-order valence-corrected chi connectivity index (χ4v) is 4.12. The second kappa shape index (κ2) is 9.67. The summed E-state index contributed by atoms with van der Waals surface area (Å²) in [5, 5.41) is 6.60. The number of aryl methyl sites for hydroxylation is 2. The number of aromatic nitrogens is 4. The van der Waals surface area contributed by atoms with Crippen LogP contribution in [0.5, 0.6) is 11.5 Å². The molecule has 3 heterocycles. The Bertz CT molecular complexity index is 1600. The van der Waals surface area contributed by atoms with Gasteiger partial charge in [-0.15, -0.1) is 0 Å². The molecule has 0 atom stereocenters. The Balaban J connectivity index is 1.42. The van der Waals surface area contributed by atoms with Gasteiger partial charge in [0, 0.05) is 66.7 Å². The summed E-state index contributed by atoms with van der Waals surface area (Å²) in [4.78, 5) is 24.9. The van der Waals surface area contributed by atoms with Crippen LogP contribution >= 0.6 is 11.6 Å². The summed E-state index contributed by atoms with van der Waals surface area (Å²) < 4.78 is 7.94. The van der Waals surface area contributed by atoms with Gasteiger partial charge in [0.25, 0.3) is 5.91 Å². The SMILES string of the molecule is CNC(=O)c1cc(Oc2ccc3c(c2)nc(Nc2ccc(Cl)c(-c4cnccc4C)c2)n3C)ccn1. The predicted octanol–water partition coefficient (Wildman–Crippen LogP) is 5.89. The van der Waals surface area contributed by atoms with E-state index in [4.69, 9.17) is 21.3 Å². The van der Waals surface area contributed by atoms with Crippen molar-refractivity contribution in [2.75, 3.05) is 12.4 Å². The van der Waals surface area contributed by atoms with Crippen LogP contribution in [-0.2, 0) is 7.05 Å². The van der Waals surface area contributed by atoms with E-state index in [0.29, 0.717) is 22.5 Å². The molecule has 0 fully saturated rings. The third-order valence-electron chi connectivity index (χ3n) is 5.83. The monoisotopic (exact) mass is 498 g/mol. The molecule has 5 rings (SSSR count). The number of amides is 1. The van der Waals surface area contributed by atoms with Gasteiger partial charge in [-0.1, -0.05) is 11.6 Å². The van der Waals surface area contributed by atoms with Crippen molar-refractivity contribution >= 4 is 40.2 Å². The maximum atomic E-state index is 11.9. The first-order chi connectivity index (χ1) is 17.4. The van der Waals surface area contributed by atoms with Crippen LogP contribution in [-0.4, -0.2) is 32.5 Å². The van der Waals surface area contributed by atoms with E-state index >= 15 is 0 Å². The highest BCUT2D eigenvalue weighted by Gasteiger charge is 2.13. The van der Waals surface area contributed by atoms with Gasteiger partial charge >= 0.3 is 0 Å². The molecule has 0 bridgehead atoms. The van der Waals surface area contributed by atoms with E-state index < -0.39 is 0 Å². The number of ether oxygens (including phenoxy) is 1. The van der Waals surface area contributed by atoms with Gasteiger partial charge in [0.2, 0.25) is 5.95 Å². The van der Waals surface area contributed by atoms with Crippen molar-refractivity contribution in [3.8, 4) is 22.6 Å². The largest absolute Gasteiger partial charge is 0.457 e. The molecule has 0 unspecified atom stereocenters. The topological polar surface area (TPSA) is 94.0 Å². The van der Waals surface area contributed by atoms with Crippen LogP contribution < -0.4 is 15.4 Å². The maximum absolute atomic E-state index is 11.9. The summed E-state index contributed by atoms with van der Waals surface area (Å²) in [5.74, 6) is 1.50. The van der Waals surface area contributed by atoms with Crippen molar-refractivity contribution in [1.82, 2.24) is 24.8 Å². The van der Waals surface area contributed by atoms with Gasteiger partial charge in [0.15, 0.2) is 0 Å². The van der Waals surface area contributed by atoms with Crippen LogP contribution in [0.2, 0.25) is 5.02 Å². The van der Waals surface area contributed by atoms with Crippen LogP contribution in [0.15, 0.2) is 73.2 Å². The summed E-state index contributed by atoms with van der Waals surface area (Å²) in [5.41, 5.74) is 5.80. The molecule has 5 aromatic rings. The van der Waals surface area contributed by atoms with Crippen LogP contribution in [0, 0.1) is 6.92 Å². The zero-order valence-electron chi connectivity index (χ0n) is 19.9. The number of carbonyl (C=O) groups is 1. The van der Waals surface area contributed by atoms with Crippen molar-refractivity contribution in [2.45, 2.75) is 6.92 Å². The number of nitrogens with one attached hydrogen (secondary N) is 2. The molecule has 180 valence electrons. The molecule has 8 nitrogen and oxygen atoms in total. The summed E-state index contributed by atoms with van der Waals surface area (Å²) in [7, 11) is 3.50. The van der Waals surface area contributed by atoms with Gasteiger partial charge in [-0.2, -0.15) is 0 Å². The Kier molecular flexibility index (Phi) is 6.26. The average molecular weight is 499 g/mol. The molecule has 0 spiro atoms. The molecule has 1 amide bonds. The smallest absolute Gasteiger partial charge is 0.269 e. The van der Waals surface area contributed by atoms with Gasteiger partial charge in [-0.25, -0.2) is 4.98 Å². The highest BCUT2D eigenvalue weighted by atomic mass is 35.5. The second-order valence-corrected chi connectivity index (χ2v) is 8.62. The van der Waals surface area contributed by atoms with E-state index in [9.17, 15) is 4.79 Å². The summed E-state index contributed by atoms with van der Waals surface area (Å²) >= 11 is 6.50. The Morgan fingerprint density at radius 1 is 1.00 bits per heavy atom. The van der Waals surface area contributed by atoms with Crippen LogP contribution in [0.3, 0.4) is 0 Å². The number of imidazole rings is 1. The van der Waals surface area contributed by atoms with Gasteiger partial charge in [0.1, 0.15) is 17.2 Å². The fraction of sp³-hybridized carbons (Fsp3) is 0.111. The molecule has 0 radical (unpaired) electrons. The van der Waals surface area contributed by atoms with E-state index in [2.05, 4.69) is 20.6 Å². The van der Waals surface area contributed by atoms with Crippen molar-refractivity contribution < 1.29 is 9.53 Å². The van der Waals surface area contributed by atoms with Crippen molar-refractivity contribution in [3.05, 3.63) is 89.5 Å². The highest BCUT2D eigenvalue weighted by molar-refractivity contribution is 6.33. The van der Waals surface area contributed by atoms with Gasteiger partial charge in [0.05, 0.1) is 11.0 Å². The van der Waals surface area contributed by atoms with Crippen LogP contribution in [0.4, 0.5) is 11.6 Å². The van der Waals surface area contributed by atoms with Crippen molar-refractivity contribution in [2.24, 2.45) is 7.05 Å². The summed E-state index contributed by atoms with van der Waals surface area (Å²) in [6, 6.07) is 16.7. The number of carbonyl (C=O) groups excluding carboxylic acids is 1. The molecular formula is C27H23ClN6O2. The third-order valence-corrected chi connectivity index (χ3v) is 6.16. The van der Waals surface area contributed by atoms with E-state index in [1.54, 1.807) is 25.4 Å². The molecule has 9 heteroatoms. The lowest BCUT2D eigenvalue weighted by Gasteiger charge is -2.11. The number of hydrogen-bond donors (Lipinski definition) is 2. The lowest BCUT2D eigenvalue weighted by Crippen LogP contribution is -2.18. The summed E-state index contributed by atoms with van der Waals surface area (Å²) in [6.07, 6.45) is 5.12. The first-order valence-electron chi connectivity index (χ1n) is 11.2. The first kappa shape index (κ1) is 23.3. The first-order valence-corrected chi connectivity index (χ1v) is 11.6. The van der Waals surface area contributed by atoms with Crippen LogP contribution in [0.1, 0.15) is 16.1 Å². The number of rotatable bonds is 6. The lowest BCUT2D eigenvalue weighted by molar-refractivity contribution is 0.0958. The minimum absolute atomic E-state index is 0.277. The molecule has 0 saturated heterocycles. The number of nitrogens with zero attached hydrogens (tertiary/aromatic N) is 4. The highest BCUT2D eigenvalue weighted by Crippen LogP contribution is 2.34. The van der Waals surface area contributed by atoms with Crippen molar-refractivity contribution in [1.29, 1.82) is 0 Å². The number of pyridine rings is 2. The Labute approximate surface area is 213 Å². The zero-order chi connectivity index (χ0) is 25.2. The number of fused-ring (bicyclic) bond motifs is 1. The Hall–Kier alpha value is -4.43. The van der Waals surface area contributed by atoms with Gasteiger partial charge < -0.3 is 19.9 Å². The molecular weight excluding hydrogens is 476 g/mol. The summed E-state index contributed by atoms with van der Waals surface area (Å²) in [6.45, 7) is 2.03. The van der Waals surface area contributed by atoms with E-state index in [0.717, 1.165) is 33.4 Å². The van der Waals surface area contributed by atoms with E-state index in [1.807, 2.05) is 67.2 Å². The zero-order valence-corrected chi connectivity index (χ0v) is 20.7. The number of anilines is 2.